The van der Waals surface area contributed by atoms with Crippen LogP contribution in [-0.2, 0) is 33.0 Å². The van der Waals surface area contributed by atoms with Crippen molar-refractivity contribution in [2.75, 3.05) is 0 Å². The van der Waals surface area contributed by atoms with Crippen LogP contribution in [0.25, 0.3) is 21.3 Å². The Morgan fingerprint density at radius 1 is 0.973 bits per heavy atom. The van der Waals surface area contributed by atoms with Gasteiger partial charge in [0.2, 0.25) is 22.7 Å². The van der Waals surface area contributed by atoms with Crippen molar-refractivity contribution < 1.29 is 25.6 Å². The molecule has 1 unspecified atom stereocenters. The largest absolute Gasteiger partial charge is 0.422 e. The van der Waals surface area contributed by atoms with E-state index in [0.29, 0.717) is 5.52 Å². The Kier molecular flexibility index (Phi) is 7.11. The highest BCUT2D eigenvalue weighted by Gasteiger charge is 2.37. The Bertz CT molecular complexity index is 1740. The lowest BCUT2D eigenvalue weighted by atomic mass is 10.1. The zero-order chi connectivity index (χ0) is 26.0. The molecule has 5 aromatic rings. The van der Waals surface area contributed by atoms with Crippen molar-refractivity contribution in [2.24, 2.45) is 0 Å². The molecule has 1 atom stereocenters. The maximum atomic E-state index is 13.8. The van der Waals surface area contributed by atoms with Crippen LogP contribution in [0, 0.1) is 5.82 Å². The van der Waals surface area contributed by atoms with Gasteiger partial charge in [0, 0.05) is 0 Å². The van der Waals surface area contributed by atoms with Crippen LogP contribution in [0.4, 0.5) is 4.39 Å². The number of hydrogen-bond donors (Lipinski definition) is 2. The predicted octanol–water partition coefficient (Wildman–Crippen LogP) is 3.81. The molecule has 0 saturated carbocycles. The molecule has 0 spiro atoms. The summed E-state index contributed by atoms with van der Waals surface area (Å²) in [6.45, 7) is -0.289. The molecule has 9 nitrogen and oxygen atoms in total. The minimum absolute atomic E-state index is 0.104. The van der Waals surface area contributed by atoms with Crippen LogP contribution in [0.15, 0.2) is 77.2 Å². The number of rotatable bonds is 9. The standard InChI is InChI=1S/C24H19FN4O5S3/c25-18-8-4-5-15(11-18)14-37(32,33)22(23-29-28-21(34-23)13-26-36(30)31)24-27-19-10-9-17(12-20(19)35-24)16-6-2-1-3-7-16/h1-12,22,36H,13-14H2,(H,26,30,31). The Morgan fingerprint density at radius 3 is 2.54 bits per heavy atom. The lowest BCUT2D eigenvalue weighted by molar-refractivity contribution is 0.444. The summed E-state index contributed by atoms with van der Waals surface area (Å²) in [5.41, 5.74) is 2.79. The van der Waals surface area contributed by atoms with Crippen molar-refractivity contribution in [1.29, 1.82) is 0 Å². The fourth-order valence-electron chi connectivity index (χ4n) is 3.80. The molecule has 3 aromatic carbocycles. The first-order chi connectivity index (χ1) is 17.8. The van der Waals surface area contributed by atoms with Crippen LogP contribution in [0.2, 0.25) is 0 Å². The van der Waals surface area contributed by atoms with Crippen LogP contribution in [0.3, 0.4) is 0 Å². The molecule has 190 valence electrons. The summed E-state index contributed by atoms with van der Waals surface area (Å²) in [7, 11) is -6.99. The predicted molar refractivity (Wildman–Crippen MR) is 137 cm³/mol. The van der Waals surface area contributed by atoms with Gasteiger partial charge in [-0.2, -0.15) is 0 Å². The van der Waals surface area contributed by atoms with E-state index in [9.17, 15) is 21.2 Å². The molecule has 5 rings (SSSR count). The smallest absolute Gasteiger partial charge is 0.241 e. The molecule has 13 heteroatoms. The van der Waals surface area contributed by atoms with Crippen molar-refractivity contribution in [2.45, 2.75) is 17.5 Å². The first kappa shape index (κ1) is 25.1. The number of benzene rings is 3. The normalized spacial score (nSPS) is 12.8. The van der Waals surface area contributed by atoms with Gasteiger partial charge in [0.25, 0.3) is 0 Å². The van der Waals surface area contributed by atoms with Crippen LogP contribution in [0.5, 0.6) is 0 Å². The fraction of sp³-hybridized carbons (Fsp3) is 0.125. The molecule has 0 bridgehead atoms. The highest BCUT2D eigenvalue weighted by atomic mass is 32.2. The molecule has 0 saturated heterocycles. The van der Waals surface area contributed by atoms with Crippen molar-refractivity contribution in [3.8, 4) is 11.1 Å². The molecule has 0 amide bonds. The lowest BCUT2D eigenvalue weighted by Crippen LogP contribution is -2.17. The monoisotopic (exact) mass is 558 g/mol. The second kappa shape index (κ2) is 10.5. The summed E-state index contributed by atoms with van der Waals surface area (Å²) < 4.78 is 71.2. The number of halogens is 1. The van der Waals surface area contributed by atoms with Gasteiger partial charge in [-0.05, 0) is 41.0 Å². The number of aromatic nitrogens is 3. The summed E-state index contributed by atoms with van der Waals surface area (Å²) in [4.78, 5) is 4.56. The van der Waals surface area contributed by atoms with E-state index < -0.39 is 37.5 Å². The molecule has 0 fully saturated rings. The molecular weight excluding hydrogens is 539 g/mol. The highest BCUT2D eigenvalue weighted by molar-refractivity contribution is 7.91. The Morgan fingerprint density at radius 2 is 1.78 bits per heavy atom. The Balaban J connectivity index is 1.57. The molecule has 1 N–H and O–H groups in total. The molecule has 0 aliphatic heterocycles. The zero-order valence-electron chi connectivity index (χ0n) is 18.9. The molecule has 2 aromatic heterocycles. The van der Waals surface area contributed by atoms with Crippen molar-refractivity contribution in [3.05, 3.63) is 101 Å². The van der Waals surface area contributed by atoms with E-state index in [1.54, 1.807) is 0 Å². The van der Waals surface area contributed by atoms with Gasteiger partial charge in [-0.15, -0.1) is 21.5 Å². The van der Waals surface area contributed by atoms with Gasteiger partial charge in [-0.3, -0.25) is 0 Å². The third kappa shape index (κ3) is 5.74. The number of nitrogens with one attached hydrogen (secondary N) is 1. The summed E-state index contributed by atoms with van der Waals surface area (Å²) in [5, 5.41) is 6.44. The van der Waals surface area contributed by atoms with Gasteiger partial charge >= 0.3 is 0 Å². The molecule has 0 radical (unpaired) electrons. The van der Waals surface area contributed by atoms with Crippen molar-refractivity contribution in [1.82, 2.24) is 19.9 Å². The summed E-state index contributed by atoms with van der Waals surface area (Å²) in [6, 6.07) is 20.7. The van der Waals surface area contributed by atoms with Crippen LogP contribution >= 0.6 is 11.3 Å². The Hall–Kier alpha value is -3.52. The number of hydrogen-bond acceptors (Lipinski definition) is 9. The highest BCUT2D eigenvalue weighted by Crippen LogP contribution is 2.38. The van der Waals surface area contributed by atoms with Crippen molar-refractivity contribution >= 4 is 42.3 Å². The topological polar surface area (TPSA) is 132 Å². The number of fused-ring (bicyclic) bond motifs is 1. The van der Waals surface area contributed by atoms with Gasteiger partial charge < -0.3 is 4.42 Å². The summed E-state index contributed by atoms with van der Waals surface area (Å²) >= 11 is 1.17. The van der Waals surface area contributed by atoms with E-state index in [2.05, 4.69) is 19.9 Å². The van der Waals surface area contributed by atoms with Gasteiger partial charge in [0.1, 0.15) is 10.8 Å². The van der Waals surface area contributed by atoms with E-state index in [0.717, 1.165) is 21.9 Å². The zero-order valence-corrected chi connectivity index (χ0v) is 21.5. The first-order valence-electron chi connectivity index (χ1n) is 10.9. The van der Waals surface area contributed by atoms with E-state index in [4.69, 9.17) is 4.42 Å². The van der Waals surface area contributed by atoms with Crippen LogP contribution in [-0.4, -0.2) is 32.0 Å². The summed E-state index contributed by atoms with van der Waals surface area (Å²) in [6.07, 6.45) is 0. The van der Waals surface area contributed by atoms with E-state index in [-0.39, 0.29) is 28.9 Å². The van der Waals surface area contributed by atoms with Gasteiger partial charge in [0.15, 0.2) is 15.1 Å². The molecule has 0 aliphatic carbocycles. The first-order valence-corrected chi connectivity index (χ1v) is 14.6. The fourth-order valence-corrected chi connectivity index (χ4v) is 7.20. The maximum absolute atomic E-state index is 13.8. The number of sulfone groups is 1. The van der Waals surface area contributed by atoms with E-state index >= 15 is 0 Å². The maximum Gasteiger partial charge on any atom is 0.241 e. The second-order valence-electron chi connectivity index (χ2n) is 8.04. The average molecular weight is 559 g/mol. The third-order valence-electron chi connectivity index (χ3n) is 5.42. The number of thiol groups is 1. The lowest BCUT2D eigenvalue weighted by Gasteiger charge is -2.12. The SMILES string of the molecule is O=[SH](=O)NCc1nnc(C(c2nc3ccc(-c4ccccc4)cc3s2)S(=O)(=O)Cc2cccc(F)c2)o1. The Labute approximate surface area is 217 Å². The molecule has 37 heavy (non-hydrogen) atoms. The van der Waals surface area contributed by atoms with E-state index in [1.165, 1.54) is 29.5 Å². The molecule has 2 heterocycles. The summed E-state index contributed by atoms with van der Waals surface area (Å²) in [5.74, 6) is -1.41. The third-order valence-corrected chi connectivity index (χ3v) is 8.95. The quantitative estimate of drug-likeness (QED) is 0.261. The minimum Gasteiger partial charge on any atom is -0.422 e. The van der Waals surface area contributed by atoms with Crippen LogP contribution < -0.4 is 4.72 Å². The molecule has 0 aliphatic rings. The van der Waals surface area contributed by atoms with Gasteiger partial charge in [-0.1, -0.05) is 48.5 Å². The van der Waals surface area contributed by atoms with Crippen molar-refractivity contribution in [3.63, 3.8) is 0 Å². The number of thiazole rings is 1. The average Bonchev–Trinajstić information content (AvgIpc) is 3.49. The minimum atomic E-state index is -4.08. The molecular formula is C24H19FN4O5S3. The van der Waals surface area contributed by atoms with Gasteiger partial charge in [-0.25, -0.2) is 30.9 Å². The number of nitrogens with zero attached hydrogens (tertiary/aromatic N) is 3. The van der Waals surface area contributed by atoms with Crippen LogP contribution in [0.1, 0.15) is 27.6 Å². The van der Waals surface area contributed by atoms with E-state index in [1.807, 2.05) is 48.5 Å². The second-order valence-corrected chi connectivity index (χ2v) is 12.0. The van der Waals surface area contributed by atoms with Gasteiger partial charge in [0.05, 0.1) is 22.5 Å².